The lowest BCUT2D eigenvalue weighted by atomic mass is 9.79. The van der Waals surface area contributed by atoms with E-state index in [0.717, 1.165) is 17.5 Å². The summed E-state index contributed by atoms with van der Waals surface area (Å²) in [4.78, 5) is 56.4. The smallest absolute Gasteiger partial charge is 0.407 e. The summed E-state index contributed by atoms with van der Waals surface area (Å²) in [6.45, 7) is 12.7. The van der Waals surface area contributed by atoms with Crippen molar-refractivity contribution in [2.75, 3.05) is 13.1 Å². The van der Waals surface area contributed by atoms with Crippen molar-refractivity contribution < 1.29 is 29.1 Å². The standard InChI is InChI=1S/C43H64N6O6/c1-30(2)25-34(44)22-21-33(26-31-15-9-7-10-16-31)40(52)48-24-14-20-37(48)39(51)47-36(19-13-23-45-41(53)55-29-32-17-11-8-12-18-32)38(50)46-35-27-42(3,4)49(54)43(5,6)28-35/h7-12,15-18,21-22,30,33-37,54H,13-14,19-20,23-29,44H2,1-6H3,(H,45,53)(H,46,50)(H,47,51)/b22-21+/t33-,34-,36-,37+/m1/s1. The zero-order chi connectivity index (χ0) is 40.2. The van der Waals surface area contributed by atoms with E-state index in [1.165, 1.54) is 5.06 Å². The number of alkyl carbamates (subject to hydrolysis) is 1. The molecule has 6 N–H and O–H groups in total. The van der Waals surface area contributed by atoms with Crippen LogP contribution in [0.2, 0.25) is 0 Å². The Bertz CT molecular complexity index is 1560. The second-order valence-corrected chi connectivity index (χ2v) is 16.9. The van der Waals surface area contributed by atoms with Gasteiger partial charge in [-0.2, -0.15) is 5.06 Å². The lowest BCUT2D eigenvalue weighted by Gasteiger charge is -2.51. The molecular formula is C43H64N6O6. The fraction of sp³-hybridized carbons (Fsp3) is 0.581. The molecule has 12 nitrogen and oxygen atoms in total. The average Bonchev–Trinajstić information content (AvgIpc) is 3.63. The summed E-state index contributed by atoms with van der Waals surface area (Å²) >= 11 is 0. The second kappa shape index (κ2) is 20.1. The zero-order valence-corrected chi connectivity index (χ0v) is 33.6. The van der Waals surface area contributed by atoms with Gasteiger partial charge < -0.3 is 36.5 Å². The quantitative estimate of drug-likeness (QED) is 0.104. The summed E-state index contributed by atoms with van der Waals surface area (Å²) in [5, 5.41) is 21.1. The number of carbonyl (C=O) groups is 4. The fourth-order valence-electron chi connectivity index (χ4n) is 8.00. The van der Waals surface area contributed by atoms with E-state index in [-0.39, 0.29) is 49.4 Å². The molecule has 55 heavy (non-hydrogen) atoms. The Morgan fingerprint density at radius 1 is 0.945 bits per heavy atom. The Balaban J connectivity index is 1.46. The molecular weight excluding hydrogens is 697 g/mol. The van der Waals surface area contributed by atoms with Crippen LogP contribution in [0, 0.1) is 11.8 Å². The van der Waals surface area contributed by atoms with Gasteiger partial charge in [-0.05, 0) is 96.1 Å². The molecule has 0 unspecified atom stereocenters. The van der Waals surface area contributed by atoms with Gasteiger partial charge in [0.1, 0.15) is 18.7 Å². The summed E-state index contributed by atoms with van der Waals surface area (Å²) in [6, 6.07) is 17.1. The molecule has 0 spiro atoms. The van der Waals surface area contributed by atoms with Crippen molar-refractivity contribution in [3.63, 3.8) is 0 Å². The molecule has 4 atom stereocenters. The molecule has 12 heteroatoms. The molecule has 0 radical (unpaired) electrons. The monoisotopic (exact) mass is 760 g/mol. The Hall–Kier alpha value is -4.26. The Labute approximate surface area is 327 Å². The maximum atomic E-state index is 14.2. The lowest BCUT2D eigenvalue weighted by molar-refractivity contribution is -0.246. The van der Waals surface area contributed by atoms with Crippen molar-refractivity contribution in [2.45, 2.75) is 135 Å². The first-order valence-electron chi connectivity index (χ1n) is 19.9. The number of ether oxygens (including phenoxy) is 1. The van der Waals surface area contributed by atoms with Crippen molar-refractivity contribution in [2.24, 2.45) is 17.6 Å². The van der Waals surface area contributed by atoms with E-state index < -0.39 is 35.2 Å². The number of benzene rings is 2. The number of hydroxylamine groups is 2. The fourth-order valence-corrected chi connectivity index (χ4v) is 8.00. The molecule has 2 aromatic carbocycles. The van der Waals surface area contributed by atoms with E-state index >= 15 is 0 Å². The predicted molar refractivity (Wildman–Crippen MR) is 214 cm³/mol. The average molecular weight is 761 g/mol. The highest BCUT2D eigenvalue weighted by atomic mass is 16.5. The van der Waals surface area contributed by atoms with Gasteiger partial charge in [-0.15, -0.1) is 0 Å². The van der Waals surface area contributed by atoms with Gasteiger partial charge in [-0.1, -0.05) is 86.7 Å². The normalized spacial score (nSPS) is 20.2. The van der Waals surface area contributed by atoms with Crippen LogP contribution in [0.5, 0.6) is 0 Å². The molecule has 0 saturated carbocycles. The first kappa shape index (κ1) is 43.5. The number of rotatable bonds is 17. The maximum absolute atomic E-state index is 14.2. The number of nitrogens with zero attached hydrogens (tertiary/aromatic N) is 2. The highest BCUT2D eigenvalue weighted by molar-refractivity contribution is 5.93. The molecule has 2 aliphatic rings. The molecule has 4 amide bonds. The predicted octanol–water partition coefficient (Wildman–Crippen LogP) is 5.48. The summed E-state index contributed by atoms with van der Waals surface area (Å²) < 4.78 is 5.33. The van der Waals surface area contributed by atoms with Crippen LogP contribution in [0.15, 0.2) is 72.8 Å². The molecule has 302 valence electrons. The third kappa shape index (κ3) is 13.2. The van der Waals surface area contributed by atoms with E-state index in [1.54, 1.807) is 4.90 Å². The van der Waals surface area contributed by atoms with Crippen molar-refractivity contribution in [3.05, 3.63) is 83.9 Å². The van der Waals surface area contributed by atoms with Crippen LogP contribution in [0.25, 0.3) is 0 Å². The van der Waals surface area contributed by atoms with Gasteiger partial charge >= 0.3 is 6.09 Å². The molecule has 2 heterocycles. The minimum absolute atomic E-state index is 0.135. The van der Waals surface area contributed by atoms with Crippen molar-refractivity contribution in [1.29, 1.82) is 0 Å². The van der Waals surface area contributed by atoms with Gasteiger partial charge in [0.2, 0.25) is 17.7 Å². The van der Waals surface area contributed by atoms with Crippen LogP contribution in [0.1, 0.15) is 97.6 Å². The first-order valence-corrected chi connectivity index (χ1v) is 19.9. The minimum atomic E-state index is -0.917. The number of hydrogen-bond donors (Lipinski definition) is 5. The van der Waals surface area contributed by atoms with E-state index in [2.05, 4.69) is 29.8 Å². The number of nitrogens with one attached hydrogen (secondary N) is 3. The van der Waals surface area contributed by atoms with Crippen LogP contribution in [0.4, 0.5) is 4.79 Å². The van der Waals surface area contributed by atoms with E-state index in [1.807, 2.05) is 101 Å². The zero-order valence-electron chi connectivity index (χ0n) is 33.6. The molecule has 2 aliphatic heterocycles. The number of likely N-dealkylation sites (tertiary alicyclic amines) is 1. The number of carbonyl (C=O) groups excluding carboxylic acids is 4. The van der Waals surface area contributed by atoms with E-state index in [0.29, 0.717) is 51.0 Å². The molecule has 0 bridgehead atoms. The number of hydrogen-bond acceptors (Lipinski definition) is 8. The third-order valence-corrected chi connectivity index (χ3v) is 10.6. The van der Waals surface area contributed by atoms with E-state index in [9.17, 15) is 24.4 Å². The van der Waals surface area contributed by atoms with Crippen molar-refractivity contribution in [3.8, 4) is 0 Å². The summed E-state index contributed by atoms with van der Waals surface area (Å²) in [5.74, 6) is -0.975. The molecule has 4 rings (SSSR count). The first-order chi connectivity index (χ1) is 26.1. The van der Waals surface area contributed by atoms with Crippen LogP contribution >= 0.6 is 0 Å². The summed E-state index contributed by atoms with van der Waals surface area (Å²) in [7, 11) is 0. The molecule has 2 saturated heterocycles. The second-order valence-electron chi connectivity index (χ2n) is 16.9. The largest absolute Gasteiger partial charge is 0.445 e. The van der Waals surface area contributed by atoms with Gasteiger partial charge in [-0.25, -0.2) is 4.79 Å². The van der Waals surface area contributed by atoms with Crippen LogP contribution in [-0.2, 0) is 32.1 Å². The van der Waals surface area contributed by atoms with Gasteiger partial charge in [0.05, 0.1) is 5.92 Å². The van der Waals surface area contributed by atoms with Gasteiger partial charge in [0, 0.05) is 36.3 Å². The Morgan fingerprint density at radius 2 is 1.56 bits per heavy atom. The third-order valence-electron chi connectivity index (χ3n) is 10.6. The number of amides is 4. The molecule has 2 aromatic rings. The summed E-state index contributed by atoms with van der Waals surface area (Å²) in [6.07, 6.45) is 7.29. The SMILES string of the molecule is CC(C)C[C@H](N)/C=C/[C@H](Cc1ccccc1)C(=O)N1CCC[C@H]1C(=O)N[C@H](CCCNC(=O)OCc1ccccc1)C(=O)NC1CC(C)(C)N(O)C(C)(C)C1. The van der Waals surface area contributed by atoms with Crippen molar-refractivity contribution in [1.82, 2.24) is 25.9 Å². The van der Waals surface area contributed by atoms with Crippen LogP contribution in [0.3, 0.4) is 0 Å². The number of nitrogens with two attached hydrogens (primary N) is 1. The Kier molecular flexibility index (Phi) is 15.9. The van der Waals surface area contributed by atoms with E-state index in [4.69, 9.17) is 10.5 Å². The maximum Gasteiger partial charge on any atom is 0.407 e. The van der Waals surface area contributed by atoms with Crippen molar-refractivity contribution >= 4 is 23.8 Å². The molecule has 0 aromatic heterocycles. The Morgan fingerprint density at radius 3 is 2.18 bits per heavy atom. The van der Waals surface area contributed by atoms with Gasteiger partial charge in [0.25, 0.3) is 0 Å². The minimum Gasteiger partial charge on any atom is -0.445 e. The van der Waals surface area contributed by atoms with Crippen LogP contribution < -0.4 is 21.7 Å². The number of piperidine rings is 1. The highest BCUT2D eigenvalue weighted by Crippen LogP contribution is 2.36. The van der Waals surface area contributed by atoms with Crippen LogP contribution in [-0.4, -0.2) is 87.3 Å². The molecule has 0 aliphatic carbocycles. The lowest BCUT2D eigenvalue weighted by Crippen LogP contribution is -2.64. The topological polar surface area (TPSA) is 166 Å². The highest BCUT2D eigenvalue weighted by Gasteiger charge is 2.46. The molecule has 2 fully saturated rings. The van der Waals surface area contributed by atoms with Gasteiger partial charge in [0.15, 0.2) is 0 Å². The summed E-state index contributed by atoms with van der Waals surface area (Å²) in [5.41, 5.74) is 7.08. The van der Waals surface area contributed by atoms with Gasteiger partial charge in [-0.3, -0.25) is 14.4 Å².